The van der Waals surface area contributed by atoms with Gasteiger partial charge in [-0.15, -0.1) is 0 Å². The fourth-order valence-electron chi connectivity index (χ4n) is 3.49. The molecule has 2 fully saturated rings. The topological polar surface area (TPSA) is 100 Å². The number of fused-ring (bicyclic) bond motifs is 1. The highest BCUT2D eigenvalue weighted by Crippen LogP contribution is 2.36. The Bertz CT molecular complexity index is 1310. The summed E-state index contributed by atoms with van der Waals surface area (Å²) in [6.45, 7) is 1.90. The summed E-state index contributed by atoms with van der Waals surface area (Å²) in [7, 11) is 0. The normalized spacial score (nSPS) is 17.7. The van der Waals surface area contributed by atoms with E-state index < -0.39 is 23.8 Å². The number of alkyl halides is 3. The Balaban J connectivity index is 1.78. The molecule has 1 saturated carbocycles. The van der Waals surface area contributed by atoms with E-state index in [1.165, 1.54) is 10.6 Å². The Hall–Kier alpha value is -3.89. The number of urea groups is 1. The van der Waals surface area contributed by atoms with E-state index in [-0.39, 0.29) is 28.9 Å². The van der Waals surface area contributed by atoms with Crippen LogP contribution in [-0.4, -0.2) is 32.3 Å². The van der Waals surface area contributed by atoms with E-state index in [0.717, 1.165) is 30.0 Å². The van der Waals surface area contributed by atoms with Crippen LogP contribution in [0.15, 0.2) is 36.2 Å². The number of rotatable bonds is 4. The van der Waals surface area contributed by atoms with Gasteiger partial charge < -0.3 is 10.6 Å². The molecule has 3 aromatic rings. The largest absolute Gasteiger partial charge is 0.435 e. The van der Waals surface area contributed by atoms with Crippen molar-refractivity contribution in [2.24, 2.45) is 0 Å². The van der Waals surface area contributed by atoms with Gasteiger partial charge in [0.1, 0.15) is 5.70 Å². The van der Waals surface area contributed by atoms with Crippen molar-refractivity contribution in [2.75, 3.05) is 5.32 Å². The zero-order valence-corrected chi connectivity index (χ0v) is 16.7. The van der Waals surface area contributed by atoms with Crippen molar-refractivity contribution in [3.63, 3.8) is 0 Å². The molecule has 3 heterocycles. The molecule has 1 aliphatic carbocycles. The van der Waals surface area contributed by atoms with E-state index >= 15 is 0 Å². The predicted octanol–water partition coefficient (Wildman–Crippen LogP) is 3.48. The molecule has 5 rings (SSSR count). The minimum Gasteiger partial charge on any atom is -0.364 e. The molecule has 0 radical (unpaired) electrons. The molecule has 2 aliphatic rings. The molecule has 3 amide bonds. The lowest BCUT2D eigenvalue weighted by molar-refractivity contribution is -0.141. The molecule has 3 N–H and O–H groups in total. The Morgan fingerprint density at radius 2 is 1.97 bits per heavy atom. The lowest BCUT2D eigenvalue weighted by Crippen LogP contribution is -2.22. The van der Waals surface area contributed by atoms with E-state index in [2.05, 4.69) is 20.6 Å². The zero-order valence-electron chi connectivity index (χ0n) is 16.7. The summed E-state index contributed by atoms with van der Waals surface area (Å²) in [5.41, 5.74) is 0.255. The molecule has 32 heavy (non-hydrogen) atoms. The second kappa shape index (κ2) is 7.08. The summed E-state index contributed by atoms with van der Waals surface area (Å²) in [5, 5.41) is 7.35. The molecule has 1 saturated heterocycles. The van der Waals surface area contributed by atoms with Crippen LogP contribution in [0.1, 0.15) is 29.8 Å². The summed E-state index contributed by atoms with van der Waals surface area (Å²) < 4.78 is 42.9. The van der Waals surface area contributed by atoms with Crippen molar-refractivity contribution in [2.45, 2.75) is 32.0 Å². The number of anilines is 1. The third-order valence-corrected chi connectivity index (χ3v) is 5.14. The first-order valence-corrected chi connectivity index (χ1v) is 9.87. The fourth-order valence-corrected chi connectivity index (χ4v) is 3.49. The second-order valence-corrected chi connectivity index (χ2v) is 7.77. The van der Waals surface area contributed by atoms with Crippen molar-refractivity contribution in [3.05, 3.63) is 53.1 Å². The van der Waals surface area contributed by atoms with Crippen LogP contribution in [-0.2, 0) is 11.0 Å². The Morgan fingerprint density at radius 1 is 1.19 bits per heavy atom. The van der Waals surface area contributed by atoms with Crippen molar-refractivity contribution in [1.29, 1.82) is 0 Å². The molecular formula is C21H17F3N6O2. The molecule has 0 unspecified atom stereocenters. The number of carbonyl (C=O) groups is 2. The van der Waals surface area contributed by atoms with Crippen LogP contribution in [0.4, 0.5) is 23.8 Å². The van der Waals surface area contributed by atoms with Crippen molar-refractivity contribution < 1.29 is 22.8 Å². The number of amides is 3. The monoisotopic (exact) mass is 442 g/mol. The second-order valence-electron chi connectivity index (χ2n) is 7.77. The van der Waals surface area contributed by atoms with E-state index in [0.29, 0.717) is 5.69 Å². The number of aryl methyl sites for hydroxylation is 1. The first-order valence-electron chi connectivity index (χ1n) is 9.87. The van der Waals surface area contributed by atoms with Gasteiger partial charge in [-0.1, -0.05) is 23.8 Å². The van der Waals surface area contributed by atoms with Crippen LogP contribution < -0.4 is 16.0 Å². The minimum absolute atomic E-state index is 0.0165. The van der Waals surface area contributed by atoms with Gasteiger partial charge in [0.05, 0.1) is 11.4 Å². The molecule has 1 aromatic carbocycles. The Morgan fingerprint density at radius 3 is 2.59 bits per heavy atom. The molecule has 0 spiro atoms. The van der Waals surface area contributed by atoms with Gasteiger partial charge in [0.2, 0.25) is 0 Å². The maximum absolute atomic E-state index is 13.9. The number of nitrogens with zero attached hydrogens (tertiary/aromatic N) is 3. The number of nitrogens with one attached hydrogen (secondary N) is 3. The minimum atomic E-state index is -4.79. The molecule has 0 bridgehead atoms. The van der Waals surface area contributed by atoms with Crippen LogP contribution >= 0.6 is 0 Å². The summed E-state index contributed by atoms with van der Waals surface area (Å²) in [4.78, 5) is 31.8. The van der Waals surface area contributed by atoms with Gasteiger partial charge in [-0.05, 0) is 31.9 Å². The highest BCUT2D eigenvalue weighted by molar-refractivity contribution is 6.14. The van der Waals surface area contributed by atoms with Gasteiger partial charge in [-0.2, -0.15) is 13.2 Å². The maximum atomic E-state index is 13.9. The Kier molecular flexibility index (Phi) is 4.43. The quantitative estimate of drug-likeness (QED) is 0.424. The van der Waals surface area contributed by atoms with Crippen molar-refractivity contribution in [1.82, 2.24) is 25.0 Å². The van der Waals surface area contributed by atoms with E-state index in [9.17, 15) is 22.8 Å². The number of aromatic nitrogens is 3. The third-order valence-electron chi connectivity index (χ3n) is 5.14. The maximum Gasteiger partial charge on any atom is 0.435 e. The number of imidazole rings is 1. The molecule has 2 aromatic heterocycles. The Labute approximate surface area is 179 Å². The van der Waals surface area contributed by atoms with Gasteiger partial charge in [0.15, 0.2) is 17.2 Å². The molecule has 11 heteroatoms. The lowest BCUT2D eigenvalue weighted by atomic mass is 10.1. The average molecular weight is 442 g/mol. The smallest absolute Gasteiger partial charge is 0.364 e. The standard InChI is InChI=1S/C21H17F3N6O2/c1-10-3-2-4-11(7-10)14-9-30-15(8-13-19(31)29-20(32)27-13)16(21(22,23)24)28-18(30)17(26-14)25-12-5-6-12/h2-4,7-9,12H,5-6H2,1H3,(H,25,26)(H2,27,29,31,32)/b13-8-. The number of imide groups is 1. The summed E-state index contributed by atoms with van der Waals surface area (Å²) in [6.07, 6.45) is -0.593. The van der Waals surface area contributed by atoms with Gasteiger partial charge in [-0.3, -0.25) is 14.5 Å². The van der Waals surface area contributed by atoms with Crippen LogP contribution in [0.25, 0.3) is 23.0 Å². The highest BCUT2D eigenvalue weighted by Gasteiger charge is 2.39. The molecule has 0 atom stereocenters. The number of carbonyl (C=O) groups excluding carboxylic acids is 2. The zero-order chi connectivity index (χ0) is 22.6. The third kappa shape index (κ3) is 3.66. The van der Waals surface area contributed by atoms with E-state index in [1.807, 2.05) is 36.5 Å². The SMILES string of the molecule is Cc1cccc(-c2cn3c(/C=C4\NC(=O)NC4=O)c(C(F)(F)F)nc3c(NC3CC3)n2)c1. The predicted molar refractivity (Wildman–Crippen MR) is 109 cm³/mol. The van der Waals surface area contributed by atoms with Crippen molar-refractivity contribution in [3.8, 4) is 11.3 Å². The molecule has 164 valence electrons. The van der Waals surface area contributed by atoms with E-state index in [4.69, 9.17) is 0 Å². The molecular weight excluding hydrogens is 425 g/mol. The van der Waals surface area contributed by atoms with Crippen molar-refractivity contribution >= 4 is 29.5 Å². The number of hydrogen-bond acceptors (Lipinski definition) is 5. The summed E-state index contributed by atoms with van der Waals surface area (Å²) >= 11 is 0. The fraction of sp³-hybridized carbons (Fsp3) is 0.238. The van der Waals surface area contributed by atoms with Crippen LogP contribution in [0.3, 0.4) is 0 Å². The number of hydrogen-bond donors (Lipinski definition) is 3. The summed E-state index contributed by atoms with van der Waals surface area (Å²) in [5.74, 6) is -0.594. The molecule has 8 nitrogen and oxygen atoms in total. The van der Waals surface area contributed by atoms with Gasteiger partial charge in [-0.25, -0.2) is 14.8 Å². The van der Waals surface area contributed by atoms with Crippen LogP contribution in [0.5, 0.6) is 0 Å². The molecule has 1 aliphatic heterocycles. The lowest BCUT2D eigenvalue weighted by Gasteiger charge is -2.10. The van der Waals surface area contributed by atoms with Gasteiger partial charge in [0.25, 0.3) is 5.91 Å². The number of halogens is 3. The highest BCUT2D eigenvalue weighted by atomic mass is 19.4. The van der Waals surface area contributed by atoms with Gasteiger partial charge in [0, 0.05) is 17.8 Å². The first-order chi connectivity index (χ1) is 15.2. The van der Waals surface area contributed by atoms with Crippen LogP contribution in [0, 0.1) is 6.92 Å². The van der Waals surface area contributed by atoms with Crippen LogP contribution in [0.2, 0.25) is 0 Å². The van der Waals surface area contributed by atoms with E-state index in [1.54, 1.807) is 0 Å². The average Bonchev–Trinajstić information content (AvgIpc) is 3.36. The summed E-state index contributed by atoms with van der Waals surface area (Å²) in [6, 6.07) is 6.74. The number of benzene rings is 1. The van der Waals surface area contributed by atoms with Gasteiger partial charge >= 0.3 is 12.2 Å². The first kappa shape index (κ1) is 20.0.